The number of nitrogen functional groups attached to an aromatic ring is 1. The molecule has 2 aromatic rings. The van der Waals surface area contributed by atoms with Crippen molar-refractivity contribution in [1.29, 1.82) is 0 Å². The Labute approximate surface area is 81.8 Å². The molecule has 0 saturated carbocycles. The number of nitrogens with zero attached hydrogens (tertiary/aromatic N) is 1. The molecular formula is C8H5FN2O2S. The number of rotatable bonds is 1. The lowest BCUT2D eigenvalue weighted by Crippen LogP contribution is -2.00. The van der Waals surface area contributed by atoms with Crippen LogP contribution in [0.15, 0.2) is 12.1 Å². The molecule has 14 heavy (non-hydrogen) atoms. The molecule has 0 aliphatic heterocycles. The summed E-state index contributed by atoms with van der Waals surface area (Å²) in [4.78, 5) is 14.3. The molecule has 0 saturated heterocycles. The summed E-state index contributed by atoms with van der Waals surface area (Å²) in [6.45, 7) is 0. The van der Waals surface area contributed by atoms with Gasteiger partial charge in [0.15, 0.2) is 10.9 Å². The molecular weight excluding hydrogens is 207 g/mol. The monoisotopic (exact) mass is 212 g/mol. The molecule has 1 aromatic heterocycles. The summed E-state index contributed by atoms with van der Waals surface area (Å²) >= 11 is 1.12. The van der Waals surface area contributed by atoms with Crippen molar-refractivity contribution in [3.05, 3.63) is 23.5 Å². The highest BCUT2D eigenvalue weighted by Gasteiger charge is 2.15. The van der Waals surface area contributed by atoms with E-state index in [1.807, 2.05) is 0 Å². The number of hydrogen-bond acceptors (Lipinski definition) is 4. The van der Waals surface area contributed by atoms with Crippen molar-refractivity contribution in [2.24, 2.45) is 0 Å². The van der Waals surface area contributed by atoms with Crippen LogP contribution in [0.1, 0.15) is 10.4 Å². The molecule has 2 rings (SSSR count). The van der Waals surface area contributed by atoms with Gasteiger partial charge in [0.05, 0.1) is 10.3 Å². The molecule has 0 amide bonds. The molecule has 72 valence electrons. The number of hydrogen-bond donors (Lipinski definition) is 2. The number of anilines is 1. The van der Waals surface area contributed by atoms with Crippen LogP contribution in [0.5, 0.6) is 0 Å². The number of aromatic carboxylic acids is 1. The number of fused-ring (bicyclic) bond motifs is 1. The minimum absolute atomic E-state index is 0.0207. The fourth-order valence-electron chi connectivity index (χ4n) is 1.14. The van der Waals surface area contributed by atoms with Crippen LogP contribution in [0.3, 0.4) is 0 Å². The molecule has 1 aromatic carbocycles. The van der Waals surface area contributed by atoms with Gasteiger partial charge in [-0.1, -0.05) is 11.3 Å². The molecule has 0 radical (unpaired) electrons. The molecule has 0 unspecified atom stereocenters. The predicted octanol–water partition coefficient (Wildman–Crippen LogP) is 1.72. The van der Waals surface area contributed by atoms with E-state index in [0.717, 1.165) is 11.3 Å². The van der Waals surface area contributed by atoms with Gasteiger partial charge in [-0.05, 0) is 12.1 Å². The van der Waals surface area contributed by atoms with Crippen molar-refractivity contribution in [2.45, 2.75) is 0 Å². The maximum absolute atomic E-state index is 13.4. The second kappa shape index (κ2) is 2.91. The summed E-state index contributed by atoms with van der Waals surface area (Å²) in [6.07, 6.45) is 0. The van der Waals surface area contributed by atoms with Gasteiger partial charge in [0.2, 0.25) is 0 Å². The maximum atomic E-state index is 13.4. The zero-order chi connectivity index (χ0) is 10.3. The van der Waals surface area contributed by atoms with E-state index in [0.29, 0.717) is 4.70 Å². The number of thiazole rings is 1. The third-order valence-corrected chi connectivity index (χ3v) is 2.60. The number of benzene rings is 1. The Hall–Kier alpha value is -1.69. The third kappa shape index (κ3) is 1.20. The lowest BCUT2D eigenvalue weighted by molar-refractivity contribution is 0.0692. The van der Waals surface area contributed by atoms with Gasteiger partial charge >= 0.3 is 5.97 Å². The minimum atomic E-state index is -1.31. The normalized spacial score (nSPS) is 10.6. The first-order valence-electron chi connectivity index (χ1n) is 3.67. The van der Waals surface area contributed by atoms with E-state index in [-0.39, 0.29) is 16.2 Å². The maximum Gasteiger partial charge on any atom is 0.338 e. The van der Waals surface area contributed by atoms with E-state index in [2.05, 4.69) is 4.98 Å². The van der Waals surface area contributed by atoms with Crippen molar-refractivity contribution in [3.63, 3.8) is 0 Å². The first-order valence-corrected chi connectivity index (χ1v) is 4.49. The second-order valence-corrected chi connectivity index (χ2v) is 3.69. The van der Waals surface area contributed by atoms with E-state index in [1.165, 1.54) is 12.1 Å². The van der Waals surface area contributed by atoms with Crippen LogP contribution in [0.25, 0.3) is 10.2 Å². The molecule has 3 N–H and O–H groups in total. The van der Waals surface area contributed by atoms with Crippen molar-refractivity contribution < 1.29 is 14.3 Å². The van der Waals surface area contributed by atoms with Crippen LogP contribution in [0.4, 0.5) is 9.52 Å². The van der Waals surface area contributed by atoms with Crippen LogP contribution < -0.4 is 5.73 Å². The van der Waals surface area contributed by atoms with Gasteiger partial charge in [-0.25, -0.2) is 14.2 Å². The molecule has 0 aliphatic rings. The Kier molecular flexibility index (Phi) is 1.85. The Morgan fingerprint density at radius 3 is 2.93 bits per heavy atom. The van der Waals surface area contributed by atoms with E-state index < -0.39 is 11.8 Å². The highest BCUT2D eigenvalue weighted by Crippen LogP contribution is 2.27. The molecule has 0 bridgehead atoms. The van der Waals surface area contributed by atoms with Crippen LogP contribution >= 0.6 is 11.3 Å². The zero-order valence-electron chi connectivity index (χ0n) is 6.82. The summed E-state index contributed by atoms with van der Waals surface area (Å²) in [5, 5.41) is 8.86. The van der Waals surface area contributed by atoms with E-state index in [1.54, 1.807) is 0 Å². The molecule has 0 aliphatic carbocycles. The van der Waals surface area contributed by atoms with Crippen molar-refractivity contribution >= 4 is 32.7 Å². The highest BCUT2D eigenvalue weighted by molar-refractivity contribution is 7.22. The van der Waals surface area contributed by atoms with Crippen LogP contribution in [0, 0.1) is 5.82 Å². The Bertz CT molecular complexity index is 523. The number of aromatic nitrogens is 1. The standard InChI is InChI=1S/C8H5FN2O2S/c9-5-3(7(12)13)1-2-4-6(5)11-8(10)14-4/h1-2H,(H2,10,11)(H,12,13). The van der Waals surface area contributed by atoms with Crippen molar-refractivity contribution in [3.8, 4) is 0 Å². The van der Waals surface area contributed by atoms with Crippen LogP contribution in [0.2, 0.25) is 0 Å². The molecule has 0 atom stereocenters. The average Bonchev–Trinajstić information content (AvgIpc) is 2.46. The largest absolute Gasteiger partial charge is 0.478 e. The van der Waals surface area contributed by atoms with Crippen molar-refractivity contribution in [2.75, 3.05) is 5.73 Å². The zero-order valence-corrected chi connectivity index (χ0v) is 7.64. The topological polar surface area (TPSA) is 76.2 Å². The van der Waals surface area contributed by atoms with Crippen molar-refractivity contribution in [1.82, 2.24) is 4.98 Å². The van der Waals surface area contributed by atoms with Gasteiger partial charge in [0.1, 0.15) is 5.52 Å². The summed E-state index contributed by atoms with van der Waals surface area (Å²) in [6, 6.07) is 2.70. The van der Waals surface area contributed by atoms with Crippen LogP contribution in [-0.2, 0) is 0 Å². The lowest BCUT2D eigenvalue weighted by atomic mass is 10.2. The van der Waals surface area contributed by atoms with Gasteiger partial charge in [0, 0.05) is 0 Å². The third-order valence-electron chi connectivity index (χ3n) is 1.75. The smallest absolute Gasteiger partial charge is 0.338 e. The Morgan fingerprint density at radius 2 is 2.29 bits per heavy atom. The fourth-order valence-corrected chi connectivity index (χ4v) is 1.87. The van der Waals surface area contributed by atoms with Gasteiger partial charge in [-0.2, -0.15) is 0 Å². The number of halogens is 1. The summed E-state index contributed by atoms with van der Waals surface area (Å²) in [5.74, 6) is -2.14. The SMILES string of the molecule is Nc1nc2c(F)c(C(=O)O)ccc2s1. The van der Waals surface area contributed by atoms with Gasteiger partial charge < -0.3 is 10.8 Å². The van der Waals surface area contributed by atoms with E-state index in [4.69, 9.17) is 10.8 Å². The average molecular weight is 212 g/mol. The second-order valence-electron chi connectivity index (χ2n) is 2.63. The summed E-state index contributed by atoms with van der Waals surface area (Å²) < 4.78 is 14.0. The number of nitrogens with two attached hydrogens (primary N) is 1. The molecule has 0 fully saturated rings. The van der Waals surface area contributed by atoms with Gasteiger partial charge in [0.25, 0.3) is 0 Å². The first kappa shape index (κ1) is 8.89. The van der Waals surface area contributed by atoms with Crippen LogP contribution in [-0.4, -0.2) is 16.1 Å². The predicted molar refractivity (Wildman–Crippen MR) is 50.9 cm³/mol. The number of carboxylic acids is 1. The van der Waals surface area contributed by atoms with Gasteiger partial charge in [-0.15, -0.1) is 0 Å². The van der Waals surface area contributed by atoms with E-state index in [9.17, 15) is 9.18 Å². The summed E-state index contributed by atoms with van der Waals surface area (Å²) in [5.41, 5.74) is 5.01. The molecule has 4 nitrogen and oxygen atoms in total. The minimum Gasteiger partial charge on any atom is -0.478 e. The number of carbonyl (C=O) groups is 1. The fraction of sp³-hybridized carbons (Fsp3) is 0. The lowest BCUT2D eigenvalue weighted by Gasteiger charge is -1.96. The summed E-state index contributed by atoms with van der Waals surface area (Å²) in [7, 11) is 0. The quantitative estimate of drug-likeness (QED) is 0.754. The Morgan fingerprint density at radius 1 is 1.57 bits per heavy atom. The molecule has 1 heterocycles. The van der Waals surface area contributed by atoms with E-state index >= 15 is 0 Å². The number of carboxylic acid groups (broad SMARTS) is 1. The highest BCUT2D eigenvalue weighted by atomic mass is 32.1. The van der Waals surface area contributed by atoms with Gasteiger partial charge in [-0.3, -0.25) is 0 Å². The molecule has 0 spiro atoms. The molecule has 6 heteroatoms. The first-order chi connectivity index (χ1) is 6.59. The Balaban J connectivity index is 2.80.